The van der Waals surface area contributed by atoms with Crippen molar-refractivity contribution in [3.05, 3.63) is 108 Å². The summed E-state index contributed by atoms with van der Waals surface area (Å²) in [5, 5.41) is 2.15. The van der Waals surface area contributed by atoms with E-state index in [1.807, 2.05) is 84.9 Å². The standard InChI is InChI=1S/C40H52O10/c1-3-9-35(10-4-1)33-47-25-23-43-17-15-41-19-21-45-27-29-49-39-31-37-13-7-8-14-38(37)32-40(39)50-30-28-46-22-20-42-16-18-44-24-26-48-34-36-11-5-2-6-12-36/h1-14,31-32H,15-30,33-34H2. The molecule has 0 saturated heterocycles. The minimum Gasteiger partial charge on any atom is -0.487 e. The maximum Gasteiger partial charge on any atom is 0.161 e. The van der Waals surface area contributed by atoms with Crippen LogP contribution >= 0.6 is 0 Å². The minimum absolute atomic E-state index is 0.388. The largest absolute Gasteiger partial charge is 0.487 e. The SMILES string of the molecule is c1ccc(COCCOCCOCCOCCOc2cc3ccccc3cc2OCCOCCOCCOCCOCc2ccccc2)cc1. The van der Waals surface area contributed by atoms with E-state index in [0.717, 1.165) is 21.9 Å². The Balaban J connectivity index is 0.967. The van der Waals surface area contributed by atoms with Crippen molar-refractivity contribution in [1.82, 2.24) is 0 Å². The van der Waals surface area contributed by atoms with E-state index in [9.17, 15) is 0 Å². The lowest BCUT2D eigenvalue weighted by atomic mass is 10.1. The van der Waals surface area contributed by atoms with Crippen molar-refractivity contribution in [1.29, 1.82) is 0 Å². The summed E-state index contributed by atoms with van der Waals surface area (Å²) >= 11 is 0. The molecule has 0 atom stereocenters. The average molecular weight is 693 g/mol. The van der Waals surface area contributed by atoms with Crippen molar-refractivity contribution in [3.8, 4) is 11.5 Å². The first-order valence-electron chi connectivity index (χ1n) is 17.4. The van der Waals surface area contributed by atoms with Gasteiger partial charge in [-0.25, -0.2) is 0 Å². The molecule has 0 aliphatic heterocycles. The van der Waals surface area contributed by atoms with Crippen molar-refractivity contribution >= 4 is 10.8 Å². The van der Waals surface area contributed by atoms with E-state index in [0.29, 0.717) is 130 Å². The van der Waals surface area contributed by atoms with E-state index in [-0.39, 0.29) is 0 Å². The van der Waals surface area contributed by atoms with Crippen molar-refractivity contribution in [3.63, 3.8) is 0 Å². The van der Waals surface area contributed by atoms with Crippen LogP contribution in [-0.2, 0) is 51.1 Å². The van der Waals surface area contributed by atoms with Gasteiger partial charge in [-0.2, -0.15) is 0 Å². The summed E-state index contributed by atoms with van der Waals surface area (Å²) in [5.41, 5.74) is 2.31. The molecule has 0 N–H and O–H groups in total. The molecule has 0 aliphatic rings. The first kappa shape index (κ1) is 39.2. The highest BCUT2D eigenvalue weighted by molar-refractivity contribution is 5.86. The second kappa shape index (κ2) is 26.3. The third-order valence-corrected chi connectivity index (χ3v) is 7.24. The molecule has 4 aromatic carbocycles. The van der Waals surface area contributed by atoms with Gasteiger partial charge in [0.2, 0.25) is 0 Å². The Labute approximate surface area is 296 Å². The minimum atomic E-state index is 0.388. The summed E-state index contributed by atoms with van der Waals surface area (Å²) in [6.07, 6.45) is 0. The molecule has 0 fully saturated rings. The summed E-state index contributed by atoms with van der Waals surface area (Å²) in [5.74, 6) is 1.34. The summed E-state index contributed by atoms with van der Waals surface area (Å²) < 4.78 is 56.9. The van der Waals surface area contributed by atoms with Crippen LogP contribution in [-0.4, -0.2) is 106 Å². The fourth-order valence-corrected chi connectivity index (χ4v) is 4.69. The molecule has 4 rings (SSSR count). The van der Waals surface area contributed by atoms with Crippen LogP contribution in [0.1, 0.15) is 11.1 Å². The Morgan fingerprint density at radius 1 is 0.280 bits per heavy atom. The summed E-state index contributed by atoms with van der Waals surface area (Å²) in [7, 11) is 0. The number of ether oxygens (including phenoxy) is 10. The molecule has 272 valence electrons. The van der Waals surface area contributed by atoms with Crippen LogP contribution in [0, 0.1) is 0 Å². The van der Waals surface area contributed by atoms with Gasteiger partial charge in [-0.15, -0.1) is 0 Å². The molecule has 0 spiro atoms. The molecule has 0 aliphatic carbocycles. The lowest BCUT2D eigenvalue weighted by molar-refractivity contribution is -0.00734. The molecule has 0 bridgehead atoms. The van der Waals surface area contributed by atoms with Gasteiger partial charge in [-0.1, -0.05) is 84.9 Å². The van der Waals surface area contributed by atoms with E-state index in [1.54, 1.807) is 0 Å². The quantitative estimate of drug-likeness (QED) is 0.0595. The van der Waals surface area contributed by atoms with Crippen molar-refractivity contribution in [2.75, 3.05) is 106 Å². The van der Waals surface area contributed by atoms with Gasteiger partial charge in [-0.3, -0.25) is 0 Å². The Hall–Kier alpha value is -3.58. The number of fused-ring (bicyclic) bond motifs is 1. The van der Waals surface area contributed by atoms with Gasteiger partial charge >= 0.3 is 0 Å². The summed E-state index contributed by atoms with van der Waals surface area (Å²) in [6, 6.07) is 32.3. The number of hydrogen-bond donors (Lipinski definition) is 0. The van der Waals surface area contributed by atoms with Crippen LogP contribution in [0.5, 0.6) is 11.5 Å². The maximum absolute atomic E-state index is 6.05. The normalized spacial score (nSPS) is 11.3. The number of hydrogen-bond acceptors (Lipinski definition) is 10. The second-order valence-electron chi connectivity index (χ2n) is 11.1. The molecule has 10 heteroatoms. The van der Waals surface area contributed by atoms with Gasteiger partial charge < -0.3 is 47.4 Å². The summed E-state index contributed by atoms with van der Waals surface area (Å²) in [4.78, 5) is 0. The van der Waals surface area contributed by atoms with Crippen LogP contribution in [0.15, 0.2) is 97.1 Å². The monoisotopic (exact) mass is 692 g/mol. The van der Waals surface area contributed by atoms with Gasteiger partial charge in [0.15, 0.2) is 11.5 Å². The smallest absolute Gasteiger partial charge is 0.161 e. The van der Waals surface area contributed by atoms with Gasteiger partial charge in [0.1, 0.15) is 13.2 Å². The van der Waals surface area contributed by atoms with E-state index >= 15 is 0 Å². The Bertz CT molecular complexity index is 1280. The van der Waals surface area contributed by atoms with Crippen molar-refractivity contribution in [2.45, 2.75) is 13.2 Å². The zero-order chi connectivity index (χ0) is 34.6. The predicted molar refractivity (Wildman–Crippen MR) is 192 cm³/mol. The average Bonchev–Trinajstić information content (AvgIpc) is 3.16. The van der Waals surface area contributed by atoms with Crippen molar-refractivity contribution in [2.24, 2.45) is 0 Å². The first-order chi connectivity index (χ1) is 24.9. The van der Waals surface area contributed by atoms with Crippen LogP contribution < -0.4 is 9.47 Å². The predicted octanol–water partition coefficient (Wildman–Crippen LogP) is 6.13. The Kier molecular flexibility index (Phi) is 20.6. The Morgan fingerprint density at radius 3 is 0.900 bits per heavy atom. The third-order valence-electron chi connectivity index (χ3n) is 7.24. The van der Waals surface area contributed by atoms with Crippen LogP contribution in [0.4, 0.5) is 0 Å². The molecule has 50 heavy (non-hydrogen) atoms. The molecular weight excluding hydrogens is 640 g/mol. The van der Waals surface area contributed by atoms with Gasteiger partial charge in [0.05, 0.1) is 106 Å². The maximum atomic E-state index is 6.05. The van der Waals surface area contributed by atoms with Gasteiger partial charge in [0, 0.05) is 0 Å². The molecule has 0 aromatic heterocycles. The fourth-order valence-electron chi connectivity index (χ4n) is 4.69. The van der Waals surface area contributed by atoms with E-state index in [2.05, 4.69) is 12.1 Å². The molecule has 0 unspecified atom stereocenters. The highest BCUT2D eigenvalue weighted by atomic mass is 16.6. The van der Waals surface area contributed by atoms with Gasteiger partial charge in [-0.05, 0) is 34.0 Å². The van der Waals surface area contributed by atoms with Gasteiger partial charge in [0.25, 0.3) is 0 Å². The fraction of sp³-hybridized carbons (Fsp3) is 0.450. The summed E-state index contributed by atoms with van der Waals surface area (Å²) in [6.45, 7) is 8.98. The third kappa shape index (κ3) is 17.4. The van der Waals surface area contributed by atoms with Crippen LogP contribution in [0.3, 0.4) is 0 Å². The molecule has 0 saturated carbocycles. The lowest BCUT2D eigenvalue weighted by Gasteiger charge is -2.15. The molecule has 0 heterocycles. The topological polar surface area (TPSA) is 92.3 Å². The van der Waals surface area contributed by atoms with Crippen LogP contribution in [0.2, 0.25) is 0 Å². The second-order valence-corrected chi connectivity index (χ2v) is 11.1. The van der Waals surface area contributed by atoms with Crippen molar-refractivity contribution < 1.29 is 47.4 Å². The van der Waals surface area contributed by atoms with E-state index < -0.39 is 0 Å². The highest BCUT2D eigenvalue weighted by Gasteiger charge is 2.08. The number of rotatable bonds is 30. The van der Waals surface area contributed by atoms with E-state index in [4.69, 9.17) is 47.4 Å². The zero-order valence-electron chi connectivity index (χ0n) is 29.0. The molecule has 0 amide bonds. The molecular formula is C40H52O10. The number of benzene rings is 4. The lowest BCUT2D eigenvalue weighted by Crippen LogP contribution is -2.15. The molecule has 10 nitrogen and oxygen atoms in total. The van der Waals surface area contributed by atoms with Crippen LogP contribution in [0.25, 0.3) is 10.8 Å². The first-order valence-corrected chi connectivity index (χ1v) is 17.4. The molecule has 4 aromatic rings. The van der Waals surface area contributed by atoms with E-state index in [1.165, 1.54) is 0 Å². The highest BCUT2D eigenvalue weighted by Crippen LogP contribution is 2.32. The molecule has 0 radical (unpaired) electrons. The Morgan fingerprint density at radius 2 is 0.560 bits per heavy atom. The zero-order valence-corrected chi connectivity index (χ0v) is 29.0.